The number of carbonyl (C=O) groups is 3. The van der Waals surface area contributed by atoms with E-state index >= 15 is 0 Å². The van der Waals surface area contributed by atoms with Crippen LogP contribution in [0.15, 0.2) is 0 Å². The van der Waals surface area contributed by atoms with Crippen LogP contribution in [0, 0.1) is 0 Å². The van der Waals surface area contributed by atoms with Gasteiger partial charge in [-0.2, -0.15) is 0 Å². The number of halogens is 1. The zero-order valence-electron chi connectivity index (χ0n) is 6.84. The molecule has 82 valence electrons. The smallest absolute Gasteiger partial charge is 0.336 e. The van der Waals surface area contributed by atoms with Crippen molar-refractivity contribution in [3.63, 3.8) is 0 Å². The minimum absolute atomic E-state index is 0. The van der Waals surface area contributed by atoms with Crippen LogP contribution in [0.1, 0.15) is 12.8 Å². The van der Waals surface area contributed by atoms with Gasteiger partial charge in [-0.25, -0.2) is 4.79 Å². The number of aliphatic hydroxyl groups is 1. The largest absolute Gasteiger partial charge is 0.481 e. The van der Waals surface area contributed by atoms with E-state index in [1.54, 1.807) is 0 Å². The maximum absolute atomic E-state index is 10.3. The van der Waals surface area contributed by atoms with E-state index in [-0.39, 0.29) is 4.70 Å². The van der Waals surface area contributed by atoms with Gasteiger partial charge in [0.1, 0.15) is 0 Å². The third kappa shape index (κ3) is 4.36. The molecule has 0 saturated heterocycles. The molecule has 0 spiro atoms. The van der Waals surface area contributed by atoms with Crippen molar-refractivity contribution >= 4 is 17.9 Å². The van der Waals surface area contributed by atoms with Crippen molar-refractivity contribution in [1.82, 2.24) is 0 Å². The van der Waals surface area contributed by atoms with Gasteiger partial charge in [-0.15, -0.1) is 0 Å². The van der Waals surface area contributed by atoms with Crippen LogP contribution < -0.4 is 0 Å². The molecule has 0 radical (unpaired) electrons. The minimum Gasteiger partial charge on any atom is -0.481 e. The standard InChI is InChI=1S/C6H8O7.FH/c7-3(8)1-6(13,5(11)12)2-4(9)10;/h13H,1-2H2,(H,7,8)(H,9,10)(H,11,12);1H. The summed E-state index contributed by atoms with van der Waals surface area (Å²) in [5.41, 5.74) is -2.74. The number of hydrogen-bond acceptors (Lipinski definition) is 4. The van der Waals surface area contributed by atoms with E-state index in [1.807, 2.05) is 0 Å². The molecule has 0 rings (SSSR count). The number of hydrogen-bond donors (Lipinski definition) is 4. The van der Waals surface area contributed by atoms with Crippen LogP contribution in [0.3, 0.4) is 0 Å². The molecule has 14 heavy (non-hydrogen) atoms. The van der Waals surface area contributed by atoms with E-state index in [0.717, 1.165) is 0 Å². The summed E-state index contributed by atoms with van der Waals surface area (Å²) in [6, 6.07) is 0. The van der Waals surface area contributed by atoms with Crippen molar-refractivity contribution in [2.24, 2.45) is 0 Å². The lowest BCUT2D eigenvalue weighted by Gasteiger charge is -2.18. The van der Waals surface area contributed by atoms with Crippen LogP contribution in [-0.4, -0.2) is 43.9 Å². The molecule has 0 unspecified atom stereocenters. The molecular formula is C6H9FO7. The minimum atomic E-state index is -2.74. The Kier molecular flexibility index (Phi) is 5.42. The maximum atomic E-state index is 10.3. The lowest BCUT2D eigenvalue weighted by molar-refractivity contribution is -0.170. The maximum Gasteiger partial charge on any atom is 0.336 e. The first-order chi connectivity index (χ1) is 5.78. The highest BCUT2D eigenvalue weighted by atomic mass is 19.0. The van der Waals surface area contributed by atoms with Gasteiger partial charge in [0.2, 0.25) is 0 Å². The van der Waals surface area contributed by atoms with Gasteiger partial charge in [-0.05, 0) is 0 Å². The molecule has 4 N–H and O–H groups in total. The summed E-state index contributed by atoms with van der Waals surface area (Å²) < 4.78 is 0. The van der Waals surface area contributed by atoms with E-state index in [2.05, 4.69) is 0 Å². The Morgan fingerprint density at radius 2 is 1.21 bits per heavy atom. The topological polar surface area (TPSA) is 132 Å². The molecule has 0 aliphatic heterocycles. The summed E-state index contributed by atoms with van der Waals surface area (Å²) in [5.74, 6) is -5.02. The predicted molar refractivity (Wildman–Crippen MR) is 39.6 cm³/mol. The summed E-state index contributed by atoms with van der Waals surface area (Å²) in [7, 11) is 0. The first-order valence-electron chi connectivity index (χ1n) is 3.17. The zero-order chi connectivity index (χ0) is 10.6. The van der Waals surface area contributed by atoms with Gasteiger partial charge in [0.15, 0.2) is 5.60 Å². The Balaban J connectivity index is 0. The van der Waals surface area contributed by atoms with Crippen LogP contribution in [-0.2, 0) is 14.4 Å². The van der Waals surface area contributed by atoms with Crippen LogP contribution in [0.5, 0.6) is 0 Å². The molecule has 0 aliphatic rings. The highest BCUT2D eigenvalue weighted by Gasteiger charge is 2.40. The van der Waals surface area contributed by atoms with Crippen LogP contribution in [0.25, 0.3) is 0 Å². The molecule has 0 amide bonds. The van der Waals surface area contributed by atoms with Gasteiger partial charge < -0.3 is 20.4 Å². The van der Waals surface area contributed by atoms with Crippen molar-refractivity contribution in [3.05, 3.63) is 0 Å². The van der Waals surface area contributed by atoms with Crippen molar-refractivity contribution in [3.8, 4) is 0 Å². The van der Waals surface area contributed by atoms with Gasteiger partial charge in [-0.3, -0.25) is 14.3 Å². The average molecular weight is 212 g/mol. The second-order valence-corrected chi connectivity index (χ2v) is 2.48. The molecule has 0 aromatic rings. The summed E-state index contributed by atoms with van der Waals surface area (Å²) in [5, 5.41) is 33.8. The number of rotatable bonds is 5. The molecule has 8 heteroatoms. The molecule has 7 nitrogen and oxygen atoms in total. The third-order valence-corrected chi connectivity index (χ3v) is 1.29. The Bertz CT molecular complexity index is 233. The fraction of sp³-hybridized carbons (Fsp3) is 0.500. The lowest BCUT2D eigenvalue weighted by Crippen LogP contribution is -2.42. The van der Waals surface area contributed by atoms with Crippen LogP contribution >= 0.6 is 0 Å². The monoisotopic (exact) mass is 212 g/mol. The van der Waals surface area contributed by atoms with Crippen LogP contribution in [0.2, 0.25) is 0 Å². The van der Waals surface area contributed by atoms with E-state index in [4.69, 9.17) is 20.4 Å². The van der Waals surface area contributed by atoms with E-state index in [0.29, 0.717) is 0 Å². The molecular weight excluding hydrogens is 203 g/mol. The van der Waals surface area contributed by atoms with E-state index < -0.39 is 36.4 Å². The Labute approximate surface area is 77.0 Å². The zero-order valence-corrected chi connectivity index (χ0v) is 6.84. The molecule has 0 aliphatic carbocycles. The van der Waals surface area contributed by atoms with Gasteiger partial charge in [-0.1, -0.05) is 0 Å². The molecule has 0 aromatic carbocycles. The summed E-state index contributed by atoms with van der Waals surface area (Å²) >= 11 is 0. The highest BCUT2D eigenvalue weighted by Crippen LogP contribution is 2.15. The second-order valence-electron chi connectivity index (χ2n) is 2.48. The first-order valence-corrected chi connectivity index (χ1v) is 3.17. The predicted octanol–water partition coefficient (Wildman–Crippen LogP) is -1.10. The van der Waals surface area contributed by atoms with Crippen molar-refractivity contribution < 1.29 is 39.5 Å². The summed E-state index contributed by atoms with van der Waals surface area (Å²) in [6.45, 7) is 0. The summed E-state index contributed by atoms with van der Waals surface area (Å²) in [6.07, 6.45) is -2.29. The molecule has 0 saturated carbocycles. The van der Waals surface area contributed by atoms with Crippen molar-refractivity contribution in [1.29, 1.82) is 0 Å². The average Bonchev–Trinajstić information content (AvgIpc) is 1.82. The lowest BCUT2D eigenvalue weighted by atomic mass is 9.96. The Morgan fingerprint density at radius 3 is 1.36 bits per heavy atom. The third-order valence-electron chi connectivity index (χ3n) is 1.29. The van der Waals surface area contributed by atoms with Gasteiger partial charge in [0.05, 0.1) is 12.8 Å². The first kappa shape index (κ1) is 14.8. The van der Waals surface area contributed by atoms with E-state index in [1.165, 1.54) is 0 Å². The van der Waals surface area contributed by atoms with Crippen molar-refractivity contribution in [2.45, 2.75) is 18.4 Å². The van der Waals surface area contributed by atoms with E-state index in [9.17, 15) is 14.4 Å². The van der Waals surface area contributed by atoms with Crippen molar-refractivity contribution in [2.75, 3.05) is 0 Å². The molecule has 0 heterocycles. The normalized spacial score (nSPS) is 10.1. The number of aliphatic carboxylic acids is 3. The Morgan fingerprint density at radius 1 is 0.929 bits per heavy atom. The van der Waals surface area contributed by atoms with Crippen LogP contribution in [0.4, 0.5) is 4.70 Å². The quantitative estimate of drug-likeness (QED) is 0.454. The summed E-state index contributed by atoms with van der Waals surface area (Å²) in [4.78, 5) is 30.5. The number of carboxylic acid groups (broad SMARTS) is 3. The molecule has 0 fully saturated rings. The fourth-order valence-electron chi connectivity index (χ4n) is 0.714. The Hall–Kier alpha value is -1.70. The highest BCUT2D eigenvalue weighted by molar-refractivity contribution is 5.88. The SMILES string of the molecule is F.O=C(O)CC(O)(CC(=O)O)C(=O)O. The second kappa shape index (κ2) is 5.12. The van der Waals surface area contributed by atoms with Gasteiger partial charge in [0, 0.05) is 0 Å². The van der Waals surface area contributed by atoms with Gasteiger partial charge in [0.25, 0.3) is 0 Å². The molecule has 0 aromatic heterocycles. The molecule has 0 bridgehead atoms. The number of carboxylic acids is 3. The van der Waals surface area contributed by atoms with Gasteiger partial charge >= 0.3 is 17.9 Å². The molecule has 0 atom stereocenters. The fourth-order valence-corrected chi connectivity index (χ4v) is 0.714.